The number of aromatic nitrogens is 2. The van der Waals surface area contributed by atoms with E-state index in [2.05, 4.69) is 23.4 Å². The maximum absolute atomic E-state index is 12.7. The summed E-state index contributed by atoms with van der Waals surface area (Å²) in [6, 6.07) is 9.92. The molecule has 0 bridgehead atoms. The van der Waals surface area contributed by atoms with Crippen LogP contribution in [0, 0.1) is 6.92 Å². The monoisotopic (exact) mass is 342 g/mol. The number of morpholine rings is 1. The van der Waals surface area contributed by atoms with E-state index in [1.54, 1.807) is 4.68 Å². The van der Waals surface area contributed by atoms with Crippen molar-refractivity contribution in [3.05, 3.63) is 35.9 Å². The third-order valence-electron chi connectivity index (χ3n) is 4.60. The summed E-state index contributed by atoms with van der Waals surface area (Å²) in [5, 5.41) is 7.54. The molecule has 1 aliphatic heterocycles. The molecule has 2 aromatic rings. The molecule has 0 saturated carbocycles. The molecule has 1 saturated heterocycles. The Hall–Kier alpha value is -2.34. The van der Waals surface area contributed by atoms with Crippen molar-refractivity contribution >= 4 is 11.8 Å². The van der Waals surface area contributed by atoms with Crippen LogP contribution in [0.4, 0.5) is 10.6 Å². The third kappa shape index (κ3) is 3.69. The fraction of sp³-hybridized carbons (Fsp3) is 0.474. The van der Waals surface area contributed by atoms with Crippen molar-refractivity contribution in [1.29, 1.82) is 0 Å². The number of hydrogen-bond donors (Lipinski definition) is 1. The van der Waals surface area contributed by atoms with E-state index in [-0.39, 0.29) is 17.7 Å². The number of aryl methyl sites for hydroxylation is 2. The zero-order chi connectivity index (χ0) is 18.2. The topological polar surface area (TPSA) is 59.4 Å². The van der Waals surface area contributed by atoms with E-state index in [0.717, 1.165) is 16.8 Å². The molecule has 1 atom stereocenters. The first-order valence-electron chi connectivity index (χ1n) is 8.58. The molecule has 3 rings (SSSR count). The van der Waals surface area contributed by atoms with Gasteiger partial charge in [-0.05, 0) is 33.3 Å². The number of hydrogen-bond acceptors (Lipinski definition) is 3. The minimum Gasteiger partial charge on any atom is -0.372 e. The molecule has 134 valence electrons. The Kier molecular flexibility index (Phi) is 4.56. The highest BCUT2D eigenvalue weighted by Gasteiger charge is 2.34. The van der Waals surface area contributed by atoms with Gasteiger partial charge in [-0.1, -0.05) is 24.3 Å². The summed E-state index contributed by atoms with van der Waals surface area (Å²) in [6.45, 7) is 9.15. The number of nitrogens with zero attached hydrogens (tertiary/aromatic N) is 3. The molecule has 0 aliphatic carbocycles. The molecule has 1 aliphatic rings. The summed E-state index contributed by atoms with van der Waals surface area (Å²) in [6.07, 6.45) is 0. The summed E-state index contributed by atoms with van der Waals surface area (Å²) >= 11 is 0. The second-order valence-electron chi connectivity index (χ2n) is 7.33. The predicted molar refractivity (Wildman–Crippen MR) is 98.6 cm³/mol. The van der Waals surface area contributed by atoms with Crippen molar-refractivity contribution in [2.24, 2.45) is 7.05 Å². The van der Waals surface area contributed by atoms with Crippen LogP contribution in [0.3, 0.4) is 0 Å². The zero-order valence-electron chi connectivity index (χ0n) is 15.5. The molecule has 1 fully saturated rings. The van der Waals surface area contributed by atoms with Gasteiger partial charge >= 0.3 is 6.03 Å². The van der Waals surface area contributed by atoms with Gasteiger partial charge in [0.05, 0.1) is 30.5 Å². The van der Waals surface area contributed by atoms with Crippen LogP contribution in [0.1, 0.15) is 26.3 Å². The number of benzene rings is 1. The number of carbonyl (C=O) groups excluding carboxylic acids is 1. The van der Waals surface area contributed by atoms with Gasteiger partial charge in [0.25, 0.3) is 0 Å². The largest absolute Gasteiger partial charge is 0.372 e. The first-order valence-corrected chi connectivity index (χ1v) is 8.58. The Morgan fingerprint density at radius 3 is 2.80 bits per heavy atom. The van der Waals surface area contributed by atoms with Crippen LogP contribution in [0.15, 0.2) is 30.3 Å². The number of nitrogens with one attached hydrogen (secondary N) is 1. The van der Waals surface area contributed by atoms with Crippen molar-refractivity contribution in [3.63, 3.8) is 0 Å². The van der Waals surface area contributed by atoms with Gasteiger partial charge in [0.15, 0.2) is 0 Å². The number of urea groups is 1. The number of anilines is 1. The molecule has 2 heterocycles. The average Bonchev–Trinajstić information content (AvgIpc) is 2.91. The van der Waals surface area contributed by atoms with Crippen molar-refractivity contribution < 1.29 is 9.53 Å². The van der Waals surface area contributed by atoms with Crippen LogP contribution >= 0.6 is 0 Å². The van der Waals surface area contributed by atoms with Gasteiger partial charge in [-0.15, -0.1) is 0 Å². The van der Waals surface area contributed by atoms with Gasteiger partial charge in [0.1, 0.15) is 5.82 Å². The molecule has 6 nitrogen and oxygen atoms in total. The van der Waals surface area contributed by atoms with Crippen LogP contribution in [-0.4, -0.2) is 45.5 Å². The highest BCUT2D eigenvalue weighted by atomic mass is 16.5. The van der Waals surface area contributed by atoms with Crippen LogP contribution in [0.5, 0.6) is 0 Å². The van der Waals surface area contributed by atoms with E-state index < -0.39 is 0 Å². The fourth-order valence-corrected chi connectivity index (χ4v) is 3.08. The molecule has 6 heteroatoms. The van der Waals surface area contributed by atoms with Crippen LogP contribution in [-0.2, 0) is 11.8 Å². The van der Waals surface area contributed by atoms with Crippen molar-refractivity contribution in [3.8, 4) is 11.3 Å². The smallest absolute Gasteiger partial charge is 0.323 e. The number of carbonyl (C=O) groups is 1. The molecule has 2 amide bonds. The van der Waals surface area contributed by atoms with E-state index >= 15 is 0 Å². The van der Waals surface area contributed by atoms with E-state index in [1.165, 1.54) is 0 Å². The highest BCUT2D eigenvalue weighted by molar-refractivity contribution is 5.89. The number of ether oxygens (including phenoxy) is 1. The molecule has 25 heavy (non-hydrogen) atoms. The van der Waals surface area contributed by atoms with E-state index in [9.17, 15) is 4.79 Å². The van der Waals surface area contributed by atoms with Gasteiger partial charge in [0, 0.05) is 18.7 Å². The molecule has 0 spiro atoms. The maximum atomic E-state index is 12.7. The van der Waals surface area contributed by atoms with E-state index in [1.807, 2.05) is 57.0 Å². The lowest BCUT2D eigenvalue weighted by atomic mass is 10.1. The molecular formula is C19H26N4O2. The molecule has 1 aromatic heterocycles. The molecular weight excluding hydrogens is 316 g/mol. The number of amides is 2. The van der Waals surface area contributed by atoms with Crippen LogP contribution in [0.2, 0.25) is 0 Å². The van der Waals surface area contributed by atoms with Gasteiger partial charge in [-0.25, -0.2) is 4.79 Å². The summed E-state index contributed by atoms with van der Waals surface area (Å²) in [5.41, 5.74) is 2.75. The van der Waals surface area contributed by atoms with Crippen molar-refractivity contribution in [1.82, 2.24) is 14.7 Å². The maximum Gasteiger partial charge on any atom is 0.323 e. The van der Waals surface area contributed by atoms with Gasteiger partial charge in [-0.3, -0.25) is 10.00 Å². The standard InChI is InChI=1S/C19H26N4O2/c1-13-8-6-7-9-15(13)16-10-17(22(5)21-16)20-18(24)23-12-19(3,4)25-11-14(23)2/h6-10,14H,11-12H2,1-5H3,(H,20,24)/t14-/m0/s1. The molecule has 1 aromatic carbocycles. The summed E-state index contributed by atoms with van der Waals surface area (Å²) < 4.78 is 7.47. The minimum absolute atomic E-state index is 0.0390. The first-order chi connectivity index (χ1) is 11.8. The van der Waals surface area contributed by atoms with E-state index in [4.69, 9.17) is 4.74 Å². The quantitative estimate of drug-likeness (QED) is 0.910. The normalized spacial score (nSPS) is 19.7. The lowest BCUT2D eigenvalue weighted by Crippen LogP contribution is -2.56. The lowest BCUT2D eigenvalue weighted by Gasteiger charge is -2.42. The van der Waals surface area contributed by atoms with Crippen LogP contribution < -0.4 is 5.32 Å². The molecule has 1 N–H and O–H groups in total. The van der Waals surface area contributed by atoms with Crippen molar-refractivity contribution in [2.75, 3.05) is 18.5 Å². The average molecular weight is 342 g/mol. The Balaban J connectivity index is 1.79. The first kappa shape index (κ1) is 17.5. The van der Waals surface area contributed by atoms with Gasteiger partial charge in [0.2, 0.25) is 0 Å². The third-order valence-corrected chi connectivity index (χ3v) is 4.60. The summed E-state index contributed by atoms with van der Waals surface area (Å²) in [5.74, 6) is 0.680. The Morgan fingerprint density at radius 2 is 2.08 bits per heavy atom. The van der Waals surface area contributed by atoms with Crippen molar-refractivity contribution in [2.45, 2.75) is 39.3 Å². The van der Waals surface area contributed by atoms with E-state index in [0.29, 0.717) is 19.0 Å². The van der Waals surface area contributed by atoms with Gasteiger partial charge in [-0.2, -0.15) is 5.10 Å². The number of rotatable bonds is 2. The highest BCUT2D eigenvalue weighted by Crippen LogP contribution is 2.25. The minimum atomic E-state index is -0.331. The molecule has 0 unspecified atom stereocenters. The second-order valence-corrected chi connectivity index (χ2v) is 7.33. The Labute approximate surface area is 148 Å². The predicted octanol–water partition coefficient (Wildman–Crippen LogP) is 3.43. The fourth-order valence-electron chi connectivity index (χ4n) is 3.08. The SMILES string of the molecule is Cc1ccccc1-c1cc(NC(=O)N2CC(C)(C)OC[C@@H]2C)n(C)n1. The summed E-state index contributed by atoms with van der Waals surface area (Å²) in [7, 11) is 1.84. The lowest BCUT2D eigenvalue weighted by molar-refractivity contribution is -0.0938. The summed E-state index contributed by atoms with van der Waals surface area (Å²) in [4.78, 5) is 14.6. The second kappa shape index (κ2) is 6.52. The Morgan fingerprint density at radius 1 is 1.36 bits per heavy atom. The molecule has 0 radical (unpaired) electrons. The zero-order valence-corrected chi connectivity index (χ0v) is 15.5. The van der Waals surface area contributed by atoms with Crippen LogP contribution in [0.25, 0.3) is 11.3 Å². The van der Waals surface area contributed by atoms with Gasteiger partial charge < -0.3 is 9.64 Å². The Bertz CT molecular complexity index is 781.